The molecule has 4 N–H and O–H groups in total. The number of hydrogen-bond donors (Lipinski definition) is 3. The predicted molar refractivity (Wildman–Crippen MR) is 78.7 cm³/mol. The molecule has 2 amide bonds. The van der Waals surface area contributed by atoms with Gasteiger partial charge in [-0.05, 0) is 36.6 Å². The molecule has 2 rings (SSSR count). The van der Waals surface area contributed by atoms with E-state index in [9.17, 15) is 9.59 Å². The average molecular weight is 273 g/mol. The van der Waals surface area contributed by atoms with Crippen LogP contribution in [-0.4, -0.2) is 24.4 Å². The lowest BCUT2D eigenvalue weighted by Crippen LogP contribution is -2.30. The molecule has 1 saturated carbocycles. The minimum atomic E-state index is -0.207. The van der Waals surface area contributed by atoms with Gasteiger partial charge in [-0.1, -0.05) is 12.1 Å². The fourth-order valence-corrected chi connectivity index (χ4v) is 1.66. The number of rotatable bonds is 6. The monoisotopic (exact) mass is 273 g/mol. The zero-order valence-electron chi connectivity index (χ0n) is 11.3. The fourth-order valence-electron chi connectivity index (χ4n) is 1.66. The topological polar surface area (TPSA) is 84.2 Å². The Bertz CT molecular complexity index is 504. The highest BCUT2D eigenvalue weighted by Gasteiger charge is 2.22. The summed E-state index contributed by atoms with van der Waals surface area (Å²) in [7, 11) is 0. The maximum atomic E-state index is 11.5. The average Bonchev–Trinajstić information content (AvgIpc) is 3.22. The second-order valence-electron chi connectivity index (χ2n) is 4.88. The zero-order chi connectivity index (χ0) is 14.4. The third-order valence-corrected chi connectivity index (χ3v) is 2.96. The number of carbonyl (C=O) groups is 2. The standard InChI is InChI=1S/C15H19N3O2/c16-12-4-1-11(2-5-12)3-8-14(19)17-10-9-15(20)18-13-6-7-13/h1-5,8,13H,6-7,9-10,16H2,(H,17,19)(H,18,20)/b8-3+. The summed E-state index contributed by atoms with van der Waals surface area (Å²) in [5, 5.41) is 5.55. The Labute approximate surface area is 118 Å². The molecule has 0 atom stereocenters. The van der Waals surface area contributed by atoms with E-state index in [-0.39, 0.29) is 11.8 Å². The van der Waals surface area contributed by atoms with E-state index in [1.165, 1.54) is 6.08 Å². The first-order valence-electron chi connectivity index (χ1n) is 6.74. The smallest absolute Gasteiger partial charge is 0.244 e. The molecule has 0 saturated heterocycles. The van der Waals surface area contributed by atoms with Crippen molar-refractivity contribution in [2.45, 2.75) is 25.3 Å². The minimum Gasteiger partial charge on any atom is -0.399 e. The molecule has 0 heterocycles. The molecule has 0 unspecified atom stereocenters. The summed E-state index contributed by atoms with van der Waals surface area (Å²) in [6.45, 7) is 0.351. The van der Waals surface area contributed by atoms with Crippen molar-refractivity contribution in [3.05, 3.63) is 35.9 Å². The van der Waals surface area contributed by atoms with Crippen molar-refractivity contribution in [1.82, 2.24) is 10.6 Å². The van der Waals surface area contributed by atoms with Gasteiger partial charge in [0.1, 0.15) is 0 Å². The summed E-state index contributed by atoms with van der Waals surface area (Å²) in [6, 6.07) is 7.59. The van der Waals surface area contributed by atoms with E-state index >= 15 is 0 Å². The van der Waals surface area contributed by atoms with Crippen LogP contribution in [0.5, 0.6) is 0 Å². The molecule has 1 aromatic rings. The van der Waals surface area contributed by atoms with Crippen LogP contribution >= 0.6 is 0 Å². The molecule has 0 radical (unpaired) electrons. The number of anilines is 1. The van der Waals surface area contributed by atoms with Crippen LogP contribution in [0.2, 0.25) is 0 Å². The van der Waals surface area contributed by atoms with Crippen LogP contribution in [0.3, 0.4) is 0 Å². The molecule has 20 heavy (non-hydrogen) atoms. The van der Waals surface area contributed by atoms with E-state index < -0.39 is 0 Å². The summed E-state index contributed by atoms with van der Waals surface area (Å²) in [4.78, 5) is 22.9. The van der Waals surface area contributed by atoms with Crippen LogP contribution in [0.15, 0.2) is 30.3 Å². The van der Waals surface area contributed by atoms with Gasteiger partial charge in [0.05, 0.1) is 0 Å². The second-order valence-corrected chi connectivity index (χ2v) is 4.88. The van der Waals surface area contributed by atoms with Gasteiger partial charge in [-0.3, -0.25) is 9.59 Å². The molecule has 1 fully saturated rings. The maximum Gasteiger partial charge on any atom is 0.244 e. The van der Waals surface area contributed by atoms with Crippen LogP contribution in [0.1, 0.15) is 24.8 Å². The molecule has 1 aliphatic carbocycles. The van der Waals surface area contributed by atoms with E-state index in [0.29, 0.717) is 24.7 Å². The highest BCUT2D eigenvalue weighted by atomic mass is 16.2. The molecule has 1 aromatic carbocycles. The zero-order valence-corrected chi connectivity index (χ0v) is 11.3. The number of nitrogens with one attached hydrogen (secondary N) is 2. The maximum absolute atomic E-state index is 11.5. The lowest BCUT2D eigenvalue weighted by molar-refractivity contribution is -0.121. The summed E-state index contributed by atoms with van der Waals surface area (Å²) in [6.07, 6.45) is 5.62. The van der Waals surface area contributed by atoms with E-state index in [0.717, 1.165) is 18.4 Å². The van der Waals surface area contributed by atoms with Gasteiger partial charge in [-0.25, -0.2) is 0 Å². The predicted octanol–water partition coefficient (Wildman–Crippen LogP) is 1.07. The normalized spacial score (nSPS) is 14.2. The first-order chi connectivity index (χ1) is 9.63. The molecule has 0 spiro atoms. The van der Waals surface area contributed by atoms with E-state index in [4.69, 9.17) is 5.73 Å². The molecule has 0 bridgehead atoms. The Morgan fingerprint density at radius 2 is 1.95 bits per heavy atom. The van der Waals surface area contributed by atoms with Crippen molar-refractivity contribution in [1.29, 1.82) is 0 Å². The van der Waals surface area contributed by atoms with Crippen molar-refractivity contribution >= 4 is 23.6 Å². The number of nitrogens with two attached hydrogens (primary N) is 1. The van der Waals surface area contributed by atoms with Crippen molar-refractivity contribution < 1.29 is 9.59 Å². The van der Waals surface area contributed by atoms with E-state index in [1.54, 1.807) is 18.2 Å². The van der Waals surface area contributed by atoms with Crippen LogP contribution < -0.4 is 16.4 Å². The summed E-state index contributed by atoms with van der Waals surface area (Å²) < 4.78 is 0. The van der Waals surface area contributed by atoms with Crippen LogP contribution in [0, 0.1) is 0 Å². The Kier molecular flexibility index (Phi) is 4.76. The van der Waals surface area contributed by atoms with E-state index in [2.05, 4.69) is 10.6 Å². The molecular weight excluding hydrogens is 254 g/mol. The van der Waals surface area contributed by atoms with Gasteiger partial charge in [0.15, 0.2) is 0 Å². The number of benzene rings is 1. The first kappa shape index (κ1) is 14.1. The van der Waals surface area contributed by atoms with Crippen LogP contribution in [0.4, 0.5) is 5.69 Å². The van der Waals surface area contributed by atoms with Crippen LogP contribution in [0.25, 0.3) is 6.08 Å². The van der Waals surface area contributed by atoms with Gasteiger partial charge in [-0.15, -0.1) is 0 Å². The molecule has 0 aromatic heterocycles. The van der Waals surface area contributed by atoms with Gasteiger partial charge in [0, 0.05) is 30.8 Å². The van der Waals surface area contributed by atoms with E-state index in [1.807, 2.05) is 12.1 Å². The van der Waals surface area contributed by atoms with Gasteiger partial charge in [0.25, 0.3) is 0 Å². The van der Waals surface area contributed by atoms with Crippen molar-refractivity contribution in [2.75, 3.05) is 12.3 Å². The minimum absolute atomic E-state index is 0.00434. The quantitative estimate of drug-likeness (QED) is 0.535. The molecule has 5 heteroatoms. The lowest BCUT2D eigenvalue weighted by Gasteiger charge is -2.03. The second kappa shape index (κ2) is 6.75. The summed E-state index contributed by atoms with van der Waals surface area (Å²) in [5.74, 6) is -0.212. The van der Waals surface area contributed by atoms with Gasteiger partial charge in [0.2, 0.25) is 11.8 Å². The summed E-state index contributed by atoms with van der Waals surface area (Å²) >= 11 is 0. The van der Waals surface area contributed by atoms with Crippen LogP contribution in [-0.2, 0) is 9.59 Å². The Morgan fingerprint density at radius 1 is 1.25 bits per heavy atom. The molecule has 5 nitrogen and oxygen atoms in total. The molecule has 0 aliphatic heterocycles. The number of amides is 2. The van der Waals surface area contributed by atoms with Gasteiger partial charge in [-0.2, -0.15) is 0 Å². The Morgan fingerprint density at radius 3 is 2.60 bits per heavy atom. The first-order valence-corrected chi connectivity index (χ1v) is 6.74. The third-order valence-electron chi connectivity index (χ3n) is 2.96. The third kappa shape index (κ3) is 5.14. The number of carbonyl (C=O) groups excluding carboxylic acids is 2. The number of nitrogen functional groups attached to an aromatic ring is 1. The molecule has 1 aliphatic rings. The number of hydrogen-bond acceptors (Lipinski definition) is 3. The van der Waals surface area contributed by atoms with Crippen molar-refractivity contribution in [3.8, 4) is 0 Å². The van der Waals surface area contributed by atoms with Crippen molar-refractivity contribution in [3.63, 3.8) is 0 Å². The van der Waals surface area contributed by atoms with Gasteiger partial charge >= 0.3 is 0 Å². The molecule has 106 valence electrons. The SMILES string of the molecule is Nc1ccc(/C=C/C(=O)NCCC(=O)NC2CC2)cc1. The van der Waals surface area contributed by atoms with Crippen molar-refractivity contribution in [2.24, 2.45) is 0 Å². The fraction of sp³-hybridized carbons (Fsp3) is 0.333. The Hall–Kier alpha value is -2.30. The molecular formula is C15H19N3O2. The van der Waals surface area contributed by atoms with Gasteiger partial charge < -0.3 is 16.4 Å². The highest BCUT2D eigenvalue weighted by molar-refractivity contribution is 5.92. The largest absolute Gasteiger partial charge is 0.399 e. The Balaban J connectivity index is 1.66. The lowest BCUT2D eigenvalue weighted by atomic mass is 10.2. The summed E-state index contributed by atoms with van der Waals surface area (Å²) in [5.41, 5.74) is 7.17. The highest BCUT2D eigenvalue weighted by Crippen LogP contribution is 2.18.